The molecule has 0 aliphatic heterocycles. The third-order valence-corrected chi connectivity index (χ3v) is 3.50. The van der Waals surface area contributed by atoms with Crippen LogP contribution in [-0.4, -0.2) is 28.4 Å². The molecule has 0 spiro atoms. The van der Waals surface area contributed by atoms with Crippen molar-refractivity contribution in [2.24, 2.45) is 10.9 Å². The van der Waals surface area contributed by atoms with Gasteiger partial charge in [-0.1, -0.05) is 5.16 Å². The van der Waals surface area contributed by atoms with Gasteiger partial charge >= 0.3 is 0 Å². The van der Waals surface area contributed by atoms with E-state index in [1.165, 1.54) is 4.90 Å². The smallest absolute Gasteiger partial charge is 0.170 e. The SMILES string of the molecule is N/C(=N/O)c1ccc(OCCSc2ccncc2)cc1. The van der Waals surface area contributed by atoms with Gasteiger partial charge < -0.3 is 15.7 Å². The summed E-state index contributed by atoms with van der Waals surface area (Å²) in [6, 6.07) is 11.0. The fourth-order valence-electron chi connectivity index (χ4n) is 1.53. The molecule has 0 unspecified atom stereocenters. The largest absolute Gasteiger partial charge is 0.493 e. The Balaban J connectivity index is 1.77. The van der Waals surface area contributed by atoms with E-state index in [1.54, 1.807) is 48.4 Å². The first-order valence-electron chi connectivity index (χ1n) is 6.03. The minimum absolute atomic E-state index is 0.0878. The molecule has 2 aromatic rings. The molecule has 0 saturated heterocycles. The Morgan fingerprint density at radius 2 is 1.90 bits per heavy atom. The number of oxime groups is 1. The van der Waals surface area contributed by atoms with Crippen molar-refractivity contribution in [3.8, 4) is 5.75 Å². The molecule has 0 fully saturated rings. The molecule has 0 saturated carbocycles. The average Bonchev–Trinajstić information content (AvgIpc) is 2.52. The zero-order valence-corrected chi connectivity index (χ0v) is 11.6. The van der Waals surface area contributed by atoms with E-state index < -0.39 is 0 Å². The Morgan fingerprint density at radius 3 is 2.55 bits per heavy atom. The van der Waals surface area contributed by atoms with Crippen LogP contribution in [0.15, 0.2) is 58.8 Å². The van der Waals surface area contributed by atoms with Crippen molar-refractivity contribution in [1.82, 2.24) is 4.98 Å². The van der Waals surface area contributed by atoms with E-state index in [2.05, 4.69) is 10.1 Å². The molecule has 1 aromatic carbocycles. The first-order valence-corrected chi connectivity index (χ1v) is 7.02. The molecule has 3 N–H and O–H groups in total. The summed E-state index contributed by atoms with van der Waals surface area (Å²) in [6.07, 6.45) is 3.55. The lowest BCUT2D eigenvalue weighted by atomic mass is 10.2. The average molecular weight is 289 g/mol. The maximum Gasteiger partial charge on any atom is 0.170 e. The van der Waals surface area contributed by atoms with Crippen LogP contribution in [-0.2, 0) is 0 Å². The van der Waals surface area contributed by atoms with Crippen molar-refractivity contribution in [2.75, 3.05) is 12.4 Å². The van der Waals surface area contributed by atoms with E-state index >= 15 is 0 Å². The van der Waals surface area contributed by atoms with Gasteiger partial charge in [0.2, 0.25) is 0 Å². The zero-order chi connectivity index (χ0) is 14.2. The summed E-state index contributed by atoms with van der Waals surface area (Å²) < 4.78 is 5.62. The fraction of sp³-hybridized carbons (Fsp3) is 0.143. The second kappa shape index (κ2) is 7.40. The second-order valence-electron chi connectivity index (χ2n) is 3.89. The maximum atomic E-state index is 8.56. The molecule has 0 bridgehead atoms. The number of benzene rings is 1. The molecule has 2 rings (SSSR count). The van der Waals surface area contributed by atoms with E-state index in [4.69, 9.17) is 15.7 Å². The van der Waals surface area contributed by atoms with Crippen molar-refractivity contribution >= 4 is 17.6 Å². The van der Waals surface area contributed by atoms with Crippen LogP contribution in [0, 0.1) is 0 Å². The standard InChI is InChI=1S/C14H15N3O2S/c15-14(17-18)11-1-3-12(4-2-11)19-9-10-20-13-5-7-16-8-6-13/h1-8,18H,9-10H2,(H2,15,17). The first-order chi connectivity index (χ1) is 9.79. The van der Waals surface area contributed by atoms with Crippen LogP contribution < -0.4 is 10.5 Å². The summed E-state index contributed by atoms with van der Waals surface area (Å²) >= 11 is 1.71. The van der Waals surface area contributed by atoms with Crippen LogP contribution in [0.2, 0.25) is 0 Å². The summed E-state index contributed by atoms with van der Waals surface area (Å²) in [4.78, 5) is 5.14. The Hall–Kier alpha value is -2.21. The van der Waals surface area contributed by atoms with Crippen LogP contribution in [0.5, 0.6) is 5.75 Å². The van der Waals surface area contributed by atoms with E-state index in [9.17, 15) is 0 Å². The third kappa shape index (κ3) is 4.17. The molecule has 20 heavy (non-hydrogen) atoms. The predicted molar refractivity (Wildman–Crippen MR) is 79.4 cm³/mol. The van der Waals surface area contributed by atoms with E-state index in [1.807, 2.05) is 12.1 Å². The van der Waals surface area contributed by atoms with Gasteiger partial charge in [0, 0.05) is 28.6 Å². The molecular weight excluding hydrogens is 274 g/mol. The van der Waals surface area contributed by atoms with E-state index in [-0.39, 0.29) is 5.84 Å². The summed E-state index contributed by atoms with van der Waals surface area (Å²) in [5, 5.41) is 11.5. The van der Waals surface area contributed by atoms with Crippen molar-refractivity contribution in [2.45, 2.75) is 4.90 Å². The number of aromatic nitrogens is 1. The van der Waals surface area contributed by atoms with Gasteiger partial charge in [-0.2, -0.15) is 0 Å². The molecule has 104 valence electrons. The topological polar surface area (TPSA) is 80.7 Å². The first kappa shape index (κ1) is 14.2. The second-order valence-corrected chi connectivity index (χ2v) is 5.06. The van der Waals surface area contributed by atoms with Crippen molar-refractivity contribution in [1.29, 1.82) is 0 Å². The molecule has 6 heteroatoms. The number of nitrogens with two attached hydrogens (primary N) is 1. The van der Waals surface area contributed by atoms with Gasteiger partial charge in [-0.25, -0.2) is 0 Å². The van der Waals surface area contributed by atoms with Crippen molar-refractivity contribution in [3.05, 3.63) is 54.4 Å². The van der Waals surface area contributed by atoms with Gasteiger partial charge in [0.1, 0.15) is 5.75 Å². The zero-order valence-electron chi connectivity index (χ0n) is 10.8. The number of ether oxygens (including phenoxy) is 1. The molecular formula is C14H15N3O2S. The highest BCUT2D eigenvalue weighted by atomic mass is 32.2. The van der Waals surface area contributed by atoms with Crippen LogP contribution in [0.4, 0.5) is 0 Å². The molecule has 0 amide bonds. The van der Waals surface area contributed by atoms with Crippen molar-refractivity contribution in [3.63, 3.8) is 0 Å². The monoisotopic (exact) mass is 289 g/mol. The summed E-state index contributed by atoms with van der Waals surface area (Å²) in [5.74, 6) is 1.70. The molecule has 1 heterocycles. The molecule has 1 aromatic heterocycles. The molecule has 5 nitrogen and oxygen atoms in total. The minimum atomic E-state index is 0.0878. The normalized spacial score (nSPS) is 11.3. The number of rotatable bonds is 6. The van der Waals surface area contributed by atoms with E-state index in [0.29, 0.717) is 12.2 Å². The van der Waals surface area contributed by atoms with E-state index in [0.717, 1.165) is 11.5 Å². The Bertz CT molecular complexity index is 558. The van der Waals surface area contributed by atoms with Gasteiger partial charge in [-0.3, -0.25) is 4.98 Å². The van der Waals surface area contributed by atoms with Gasteiger partial charge in [0.15, 0.2) is 5.84 Å². The molecule has 0 aliphatic rings. The number of amidine groups is 1. The van der Waals surface area contributed by atoms with Crippen LogP contribution in [0.25, 0.3) is 0 Å². The number of pyridine rings is 1. The van der Waals surface area contributed by atoms with Crippen molar-refractivity contribution < 1.29 is 9.94 Å². The lowest BCUT2D eigenvalue weighted by Crippen LogP contribution is -2.12. The number of hydrogen-bond donors (Lipinski definition) is 2. The molecule has 0 atom stereocenters. The van der Waals surface area contributed by atoms with Gasteiger partial charge in [0.25, 0.3) is 0 Å². The fourth-order valence-corrected chi connectivity index (χ4v) is 2.25. The lowest BCUT2D eigenvalue weighted by Gasteiger charge is -2.06. The van der Waals surface area contributed by atoms with Gasteiger partial charge in [-0.05, 0) is 36.4 Å². The van der Waals surface area contributed by atoms with Crippen LogP contribution in [0.1, 0.15) is 5.56 Å². The maximum absolute atomic E-state index is 8.56. The summed E-state index contributed by atoms with van der Waals surface area (Å²) in [6.45, 7) is 0.607. The summed E-state index contributed by atoms with van der Waals surface area (Å²) in [7, 11) is 0. The highest BCUT2D eigenvalue weighted by Crippen LogP contribution is 2.17. The minimum Gasteiger partial charge on any atom is -0.493 e. The van der Waals surface area contributed by atoms with Crippen LogP contribution >= 0.6 is 11.8 Å². The Labute approximate surface area is 121 Å². The van der Waals surface area contributed by atoms with Gasteiger partial charge in [-0.15, -0.1) is 11.8 Å². The number of hydrogen-bond acceptors (Lipinski definition) is 5. The van der Waals surface area contributed by atoms with Gasteiger partial charge in [0.05, 0.1) is 6.61 Å². The highest BCUT2D eigenvalue weighted by molar-refractivity contribution is 7.99. The predicted octanol–water partition coefficient (Wildman–Crippen LogP) is 2.35. The quantitative estimate of drug-likeness (QED) is 0.213. The summed E-state index contributed by atoms with van der Waals surface area (Å²) in [5.41, 5.74) is 6.14. The Morgan fingerprint density at radius 1 is 1.20 bits per heavy atom. The number of thioether (sulfide) groups is 1. The van der Waals surface area contributed by atoms with Crippen LogP contribution in [0.3, 0.4) is 0 Å². The highest BCUT2D eigenvalue weighted by Gasteiger charge is 2.00. The number of nitrogens with zero attached hydrogens (tertiary/aromatic N) is 2. The Kier molecular flexibility index (Phi) is 5.25. The lowest BCUT2D eigenvalue weighted by molar-refractivity contribution is 0.318. The molecule has 0 radical (unpaired) electrons. The third-order valence-electron chi connectivity index (χ3n) is 2.53. The molecule has 0 aliphatic carbocycles.